The molecule has 0 aliphatic carbocycles. The van der Waals surface area contributed by atoms with Gasteiger partial charge in [-0.1, -0.05) is 72.8 Å². The maximum Gasteiger partial charge on any atom is 0.0882 e. The van der Waals surface area contributed by atoms with Crippen molar-refractivity contribution in [2.75, 3.05) is 5.73 Å². The number of hydrogen-bond acceptors (Lipinski definition) is 2. The molecule has 0 aliphatic heterocycles. The summed E-state index contributed by atoms with van der Waals surface area (Å²) in [5.41, 5.74) is 12.2. The highest BCUT2D eigenvalue weighted by Crippen LogP contribution is 2.34. The Labute approximate surface area is 141 Å². The molecule has 0 spiro atoms. The van der Waals surface area contributed by atoms with Crippen molar-refractivity contribution < 1.29 is 0 Å². The van der Waals surface area contributed by atoms with Crippen LogP contribution in [0, 0.1) is 0 Å². The van der Waals surface area contributed by atoms with Gasteiger partial charge in [0, 0.05) is 11.1 Å². The highest BCUT2D eigenvalue weighted by molar-refractivity contribution is 5.82. The molecule has 1 heterocycles. The molecule has 1 aromatic heterocycles. The van der Waals surface area contributed by atoms with Crippen molar-refractivity contribution in [3.8, 4) is 28.1 Å². The molecular formula is C21H17N3. The second-order valence-corrected chi connectivity index (χ2v) is 5.61. The van der Waals surface area contributed by atoms with E-state index in [4.69, 9.17) is 5.73 Å². The van der Waals surface area contributed by atoms with E-state index < -0.39 is 0 Å². The van der Waals surface area contributed by atoms with Gasteiger partial charge in [-0.15, -0.1) is 0 Å². The van der Waals surface area contributed by atoms with Crippen LogP contribution in [0.4, 0.5) is 5.69 Å². The minimum Gasteiger partial charge on any atom is -0.397 e. The monoisotopic (exact) mass is 311 g/mol. The summed E-state index contributed by atoms with van der Waals surface area (Å²) in [6.07, 6.45) is 1.91. The average Bonchev–Trinajstić information content (AvgIpc) is 3.08. The Morgan fingerprint density at radius 2 is 1.25 bits per heavy atom. The first-order valence-electron chi connectivity index (χ1n) is 7.88. The van der Waals surface area contributed by atoms with Crippen molar-refractivity contribution >= 4 is 5.69 Å². The fourth-order valence-corrected chi connectivity index (χ4v) is 2.91. The number of nitrogen functional groups attached to an aromatic ring is 1. The maximum absolute atomic E-state index is 6.19. The number of nitrogens with two attached hydrogens (primary N) is 1. The average molecular weight is 311 g/mol. The summed E-state index contributed by atoms with van der Waals surface area (Å²) >= 11 is 0. The summed E-state index contributed by atoms with van der Waals surface area (Å²) in [5.74, 6) is 0. The molecular weight excluding hydrogens is 294 g/mol. The van der Waals surface area contributed by atoms with Gasteiger partial charge in [0.25, 0.3) is 0 Å². The van der Waals surface area contributed by atoms with Crippen molar-refractivity contribution in [3.05, 3.63) is 91.1 Å². The molecule has 24 heavy (non-hydrogen) atoms. The molecule has 116 valence electrons. The van der Waals surface area contributed by atoms with Crippen LogP contribution >= 0.6 is 0 Å². The molecule has 0 unspecified atom stereocenters. The molecule has 3 nitrogen and oxygen atoms in total. The van der Waals surface area contributed by atoms with Gasteiger partial charge in [0.05, 0.1) is 23.3 Å². The summed E-state index contributed by atoms with van der Waals surface area (Å²) in [5, 5.41) is 4.64. The van der Waals surface area contributed by atoms with E-state index in [0.717, 1.165) is 28.1 Å². The lowest BCUT2D eigenvalue weighted by atomic mass is 10.0. The third kappa shape index (κ3) is 2.46. The lowest BCUT2D eigenvalue weighted by Gasteiger charge is -2.12. The molecule has 3 aromatic carbocycles. The molecule has 0 fully saturated rings. The van der Waals surface area contributed by atoms with Crippen LogP contribution in [0.25, 0.3) is 28.1 Å². The summed E-state index contributed by atoms with van der Waals surface area (Å²) in [6, 6.07) is 28.4. The van der Waals surface area contributed by atoms with E-state index in [1.807, 2.05) is 71.5 Å². The van der Waals surface area contributed by atoms with Gasteiger partial charge in [0.15, 0.2) is 0 Å². The van der Waals surface area contributed by atoms with E-state index in [2.05, 4.69) is 29.4 Å². The molecule has 0 radical (unpaired) electrons. The zero-order chi connectivity index (χ0) is 16.4. The van der Waals surface area contributed by atoms with Crippen LogP contribution < -0.4 is 5.73 Å². The molecule has 3 heteroatoms. The van der Waals surface area contributed by atoms with Crippen LogP contribution in [0.2, 0.25) is 0 Å². The summed E-state index contributed by atoms with van der Waals surface area (Å²) in [7, 11) is 0. The number of hydrogen-bond donors (Lipinski definition) is 1. The van der Waals surface area contributed by atoms with E-state index >= 15 is 0 Å². The lowest BCUT2D eigenvalue weighted by molar-refractivity contribution is 0.890. The minimum absolute atomic E-state index is 0.706. The first-order valence-corrected chi connectivity index (χ1v) is 7.88. The minimum atomic E-state index is 0.706. The second-order valence-electron chi connectivity index (χ2n) is 5.61. The number of rotatable bonds is 3. The van der Waals surface area contributed by atoms with Crippen molar-refractivity contribution in [3.63, 3.8) is 0 Å². The number of aromatic nitrogens is 2. The fraction of sp³-hybridized carbons (Fsp3) is 0. The van der Waals surface area contributed by atoms with Gasteiger partial charge in [-0.25, -0.2) is 4.68 Å². The molecule has 4 aromatic rings. The number of nitrogens with zero attached hydrogens (tertiary/aromatic N) is 2. The van der Waals surface area contributed by atoms with E-state index in [-0.39, 0.29) is 0 Å². The first-order chi connectivity index (χ1) is 11.8. The summed E-state index contributed by atoms with van der Waals surface area (Å²) in [4.78, 5) is 0. The highest BCUT2D eigenvalue weighted by atomic mass is 15.3. The number of benzene rings is 3. The van der Waals surface area contributed by atoms with Crippen LogP contribution in [-0.2, 0) is 0 Å². The maximum atomic E-state index is 6.19. The van der Waals surface area contributed by atoms with Gasteiger partial charge in [0.2, 0.25) is 0 Å². The van der Waals surface area contributed by atoms with E-state index in [9.17, 15) is 0 Å². The topological polar surface area (TPSA) is 43.8 Å². The molecule has 0 saturated heterocycles. The summed E-state index contributed by atoms with van der Waals surface area (Å²) in [6.45, 7) is 0. The van der Waals surface area contributed by atoms with Gasteiger partial charge in [-0.05, 0) is 17.7 Å². The predicted molar refractivity (Wildman–Crippen MR) is 98.8 cm³/mol. The van der Waals surface area contributed by atoms with Crippen LogP contribution in [0.15, 0.2) is 91.1 Å². The van der Waals surface area contributed by atoms with Crippen LogP contribution in [-0.4, -0.2) is 9.78 Å². The molecule has 0 aliphatic rings. The number of anilines is 1. The Balaban J connectivity index is 2.00. The van der Waals surface area contributed by atoms with Gasteiger partial charge >= 0.3 is 0 Å². The van der Waals surface area contributed by atoms with Gasteiger partial charge in [-0.3, -0.25) is 0 Å². The Bertz CT molecular complexity index is 957. The zero-order valence-corrected chi connectivity index (χ0v) is 13.1. The van der Waals surface area contributed by atoms with Crippen LogP contribution in [0.1, 0.15) is 0 Å². The third-order valence-electron chi connectivity index (χ3n) is 4.07. The summed E-state index contributed by atoms with van der Waals surface area (Å²) < 4.78 is 1.92. The quantitative estimate of drug-likeness (QED) is 0.553. The van der Waals surface area contributed by atoms with Crippen LogP contribution in [0.5, 0.6) is 0 Å². The molecule has 0 bridgehead atoms. The molecule has 0 amide bonds. The van der Waals surface area contributed by atoms with Crippen molar-refractivity contribution in [1.29, 1.82) is 0 Å². The molecule has 4 rings (SSSR count). The van der Waals surface area contributed by atoms with Crippen molar-refractivity contribution in [2.24, 2.45) is 0 Å². The SMILES string of the molecule is Nc1ccccc1-n1ncc(-c2ccccc2)c1-c1ccccc1. The number of para-hydroxylation sites is 2. The lowest BCUT2D eigenvalue weighted by Crippen LogP contribution is -2.03. The highest BCUT2D eigenvalue weighted by Gasteiger charge is 2.16. The fourth-order valence-electron chi connectivity index (χ4n) is 2.91. The first kappa shape index (κ1) is 14.3. The second kappa shape index (κ2) is 6.05. The van der Waals surface area contributed by atoms with E-state index in [1.165, 1.54) is 0 Å². The molecule has 0 saturated carbocycles. The van der Waals surface area contributed by atoms with Crippen molar-refractivity contribution in [2.45, 2.75) is 0 Å². The standard InChI is InChI=1S/C21H17N3/c22-19-13-7-8-14-20(19)24-21(17-11-5-2-6-12-17)18(15-23-24)16-9-3-1-4-10-16/h1-15H,22H2. The molecule has 2 N–H and O–H groups in total. The van der Waals surface area contributed by atoms with Crippen molar-refractivity contribution in [1.82, 2.24) is 9.78 Å². The Morgan fingerprint density at radius 1 is 0.667 bits per heavy atom. The third-order valence-corrected chi connectivity index (χ3v) is 4.07. The normalized spacial score (nSPS) is 10.7. The van der Waals surface area contributed by atoms with Gasteiger partial charge in [0.1, 0.15) is 0 Å². The Hall–Kier alpha value is -3.33. The Kier molecular flexibility index (Phi) is 3.60. The van der Waals surface area contributed by atoms with Gasteiger partial charge < -0.3 is 5.73 Å². The van der Waals surface area contributed by atoms with E-state index in [0.29, 0.717) is 5.69 Å². The predicted octanol–water partition coefficient (Wildman–Crippen LogP) is 4.79. The smallest absolute Gasteiger partial charge is 0.0882 e. The Morgan fingerprint density at radius 3 is 1.92 bits per heavy atom. The van der Waals surface area contributed by atoms with Crippen LogP contribution in [0.3, 0.4) is 0 Å². The molecule has 0 atom stereocenters. The van der Waals surface area contributed by atoms with Gasteiger partial charge in [-0.2, -0.15) is 5.10 Å². The largest absolute Gasteiger partial charge is 0.397 e. The zero-order valence-electron chi connectivity index (χ0n) is 13.1. The van der Waals surface area contributed by atoms with E-state index in [1.54, 1.807) is 0 Å².